The smallest absolute Gasteiger partial charge is 0.224 e. The van der Waals surface area contributed by atoms with Crippen LogP contribution in [0, 0.1) is 12.8 Å². The number of nitrogens with one attached hydrogen (secondary N) is 1. The summed E-state index contributed by atoms with van der Waals surface area (Å²) in [5.74, 6) is 0.291. The van der Waals surface area contributed by atoms with Crippen LogP contribution in [0.3, 0.4) is 0 Å². The van der Waals surface area contributed by atoms with E-state index in [1.807, 2.05) is 6.92 Å². The minimum absolute atomic E-state index is 0.00254. The van der Waals surface area contributed by atoms with E-state index in [1.54, 1.807) is 12.1 Å². The van der Waals surface area contributed by atoms with Crippen LogP contribution in [0.5, 0.6) is 5.75 Å². The maximum absolute atomic E-state index is 12.0. The van der Waals surface area contributed by atoms with Crippen LogP contribution in [0.25, 0.3) is 0 Å². The van der Waals surface area contributed by atoms with E-state index in [-0.39, 0.29) is 17.6 Å². The van der Waals surface area contributed by atoms with E-state index in [1.165, 1.54) is 0 Å². The monoisotopic (exact) mass is 292 g/mol. The van der Waals surface area contributed by atoms with Crippen LogP contribution in [0.15, 0.2) is 12.1 Å². The summed E-state index contributed by atoms with van der Waals surface area (Å²) in [7, 11) is 0. The number of carbonyl (C=O) groups is 1. The molecule has 0 aliphatic carbocycles. The molecule has 1 aromatic rings. The Morgan fingerprint density at radius 2 is 2.38 bits per heavy atom. The second-order valence-corrected chi connectivity index (χ2v) is 5.57. The quantitative estimate of drug-likeness (QED) is 0.730. The third kappa shape index (κ3) is 4.41. The van der Waals surface area contributed by atoms with E-state index < -0.39 is 0 Å². The molecule has 6 heteroatoms. The van der Waals surface area contributed by atoms with Gasteiger partial charge in [0.1, 0.15) is 5.75 Å². The number of nitrogens with zero attached hydrogens (tertiary/aromatic N) is 2. The average Bonchev–Trinajstić information content (AvgIpc) is 2.49. The lowest BCUT2D eigenvalue weighted by atomic mass is 9.97. The van der Waals surface area contributed by atoms with Gasteiger partial charge in [-0.1, -0.05) is 0 Å². The van der Waals surface area contributed by atoms with E-state index in [0.29, 0.717) is 31.9 Å². The molecule has 1 saturated heterocycles. The number of amides is 1. The van der Waals surface area contributed by atoms with Gasteiger partial charge < -0.3 is 16.2 Å². The highest BCUT2D eigenvalue weighted by atomic mass is 16.3. The zero-order valence-electron chi connectivity index (χ0n) is 12.5. The predicted molar refractivity (Wildman–Crippen MR) is 80.7 cm³/mol. The van der Waals surface area contributed by atoms with Crippen LogP contribution in [0.1, 0.15) is 24.2 Å². The van der Waals surface area contributed by atoms with Crippen molar-refractivity contribution in [2.24, 2.45) is 11.7 Å². The number of aromatic hydroxyl groups is 1. The second kappa shape index (κ2) is 7.38. The highest BCUT2D eigenvalue weighted by Crippen LogP contribution is 2.22. The first kappa shape index (κ1) is 15.7. The molecule has 1 fully saturated rings. The summed E-state index contributed by atoms with van der Waals surface area (Å²) >= 11 is 0. The molecule has 0 saturated carbocycles. The number of hydrogen-bond acceptors (Lipinski definition) is 5. The SMILES string of the molecule is Cc1ccc(O)c(CN2CCCC(C(=O)NCCN)C2)n1. The molecule has 0 bridgehead atoms. The summed E-state index contributed by atoms with van der Waals surface area (Å²) < 4.78 is 0. The molecule has 1 atom stereocenters. The van der Waals surface area contributed by atoms with Crippen molar-refractivity contribution in [3.05, 3.63) is 23.5 Å². The van der Waals surface area contributed by atoms with Gasteiger partial charge in [0.05, 0.1) is 11.6 Å². The Morgan fingerprint density at radius 1 is 1.57 bits per heavy atom. The Labute approximate surface area is 125 Å². The number of aryl methyl sites for hydroxylation is 1. The number of rotatable bonds is 5. The van der Waals surface area contributed by atoms with Crippen LogP contribution < -0.4 is 11.1 Å². The number of aromatic nitrogens is 1. The normalized spacial score (nSPS) is 19.4. The number of pyridine rings is 1. The molecular weight excluding hydrogens is 268 g/mol. The van der Waals surface area contributed by atoms with Gasteiger partial charge in [-0.25, -0.2) is 0 Å². The molecule has 116 valence electrons. The number of hydrogen-bond donors (Lipinski definition) is 3. The molecule has 4 N–H and O–H groups in total. The molecule has 1 unspecified atom stereocenters. The Bertz CT molecular complexity index is 493. The van der Waals surface area contributed by atoms with Crippen molar-refractivity contribution in [2.75, 3.05) is 26.2 Å². The number of piperidine rings is 1. The van der Waals surface area contributed by atoms with E-state index >= 15 is 0 Å². The predicted octanol–water partition coefficient (Wildman–Crippen LogP) is 0.383. The van der Waals surface area contributed by atoms with Crippen LogP contribution in [0.4, 0.5) is 0 Å². The summed E-state index contributed by atoms with van der Waals surface area (Å²) in [5, 5.41) is 12.7. The van der Waals surface area contributed by atoms with Crippen molar-refractivity contribution >= 4 is 5.91 Å². The summed E-state index contributed by atoms with van der Waals surface area (Å²) in [6.45, 7) is 5.09. The molecule has 2 rings (SSSR count). The Kier molecular flexibility index (Phi) is 5.52. The van der Waals surface area contributed by atoms with Crippen molar-refractivity contribution in [1.82, 2.24) is 15.2 Å². The van der Waals surface area contributed by atoms with Gasteiger partial charge in [0.25, 0.3) is 0 Å². The third-order valence-corrected chi connectivity index (χ3v) is 3.78. The van der Waals surface area contributed by atoms with Crippen molar-refractivity contribution in [3.63, 3.8) is 0 Å². The minimum Gasteiger partial charge on any atom is -0.506 e. The van der Waals surface area contributed by atoms with E-state index in [4.69, 9.17) is 5.73 Å². The molecule has 2 heterocycles. The van der Waals surface area contributed by atoms with Crippen LogP contribution in [-0.2, 0) is 11.3 Å². The van der Waals surface area contributed by atoms with Crippen LogP contribution >= 0.6 is 0 Å². The standard InChI is InChI=1S/C15H24N4O2/c1-11-4-5-14(20)13(18-11)10-19-8-2-3-12(9-19)15(21)17-7-6-16/h4-5,12,20H,2-3,6-10,16H2,1H3,(H,17,21). The fourth-order valence-electron chi connectivity index (χ4n) is 2.68. The van der Waals surface area contributed by atoms with Gasteiger partial charge in [-0.3, -0.25) is 14.7 Å². The zero-order valence-corrected chi connectivity index (χ0v) is 12.5. The Morgan fingerprint density at radius 3 is 3.14 bits per heavy atom. The summed E-state index contributed by atoms with van der Waals surface area (Å²) in [6, 6.07) is 3.46. The van der Waals surface area contributed by atoms with Gasteiger partial charge in [0, 0.05) is 31.9 Å². The van der Waals surface area contributed by atoms with Gasteiger partial charge >= 0.3 is 0 Å². The second-order valence-electron chi connectivity index (χ2n) is 5.57. The van der Waals surface area contributed by atoms with Gasteiger partial charge in [-0.2, -0.15) is 0 Å². The summed E-state index contributed by atoms with van der Waals surface area (Å²) in [5.41, 5.74) is 6.97. The summed E-state index contributed by atoms with van der Waals surface area (Å²) in [6.07, 6.45) is 1.88. The average molecular weight is 292 g/mol. The van der Waals surface area contributed by atoms with Gasteiger partial charge in [-0.15, -0.1) is 0 Å². The lowest BCUT2D eigenvalue weighted by Gasteiger charge is -2.31. The molecule has 1 aromatic heterocycles. The molecule has 1 amide bonds. The molecule has 1 aliphatic heterocycles. The highest BCUT2D eigenvalue weighted by Gasteiger charge is 2.26. The number of nitrogens with two attached hydrogens (primary N) is 1. The topological polar surface area (TPSA) is 91.5 Å². The van der Waals surface area contributed by atoms with E-state index in [9.17, 15) is 9.90 Å². The fourth-order valence-corrected chi connectivity index (χ4v) is 2.68. The first-order valence-corrected chi connectivity index (χ1v) is 7.45. The van der Waals surface area contributed by atoms with Crippen LogP contribution in [0.2, 0.25) is 0 Å². The van der Waals surface area contributed by atoms with E-state index in [0.717, 1.165) is 25.1 Å². The third-order valence-electron chi connectivity index (χ3n) is 3.78. The van der Waals surface area contributed by atoms with Gasteiger partial charge in [-0.05, 0) is 38.4 Å². The van der Waals surface area contributed by atoms with E-state index in [2.05, 4.69) is 15.2 Å². The Balaban J connectivity index is 1.94. The van der Waals surface area contributed by atoms with Crippen molar-refractivity contribution in [2.45, 2.75) is 26.3 Å². The lowest BCUT2D eigenvalue weighted by Crippen LogP contribution is -2.43. The Hall–Kier alpha value is -1.66. The number of carbonyl (C=O) groups excluding carboxylic acids is 1. The molecule has 0 radical (unpaired) electrons. The first-order valence-electron chi connectivity index (χ1n) is 7.45. The first-order chi connectivity index (χ1) is 10.1. The number of likely N-dealkylation sites (tertiary alicyclic amines) is 1. The highest BCUT2D eigenvalue weighted by molar-refractivity contribution is 5.78. The minimum atomic E-state index is -0.00254. The molecule has 21 heavy (non-hydrogen) atoms. The maximum Gasteiger partial charge on any atom is 0.224 e. The molecular formula is C15H24N4O2. The van der Waals surface area contributed by atoms with Gasteiger partial charge in [0.15, 0.2) is 0 Å². The molecule has 1 aliphatic rings. The largest absolute Gasteiger partial charge is 0.506 e. The van der Waals surface area contributed by atoms with Crippen LogP contribution in [-0.4, -0.2) is 47.1 Å². The zero-order chi connectivity index (χ0) is 15.2. The molecule has 0 spiro atoms. The molecule has 6 nitrogen and oxygen atoms in total. The van der Waals surface area contributed by atoms with Crippen molar-refractivity contribution in [1.29, 1.82) is 0 Å². The van der Waals surface area contributed by atoms with Crippen molar-refractivity contribution < 1.29 is 9.90 Å². The lowest BCUT2D eigenvalue weighted by molar-refractivity contribution is -0.126. The maximum atomic E-state index is 12.0. The summed E-state index contributed by atoms with van der Waals surface area (Å²) in [4.78, 5) is 18.6. The van der Waals surface area contributed by atoms with Gasteiger partial charge in [0.2, 0.25) is 5.91 Å². The molecule has 0 aromatic carbocycles. The fraction of sp³-hybridized carbons (Fsp3) is 0.600. The van der Waals surface area contributed by atoms with Crippen molar-refractivity contribution in [3.8, 4) is 5.75 Å².